The van der Waals surface area contributed by atoms with E-state index in [2.05, 4.69) is 40.2 Å². The predicted molar refractivity (Wildman–Crippen MR) is 64.4 cm³/mol. The SMILES string of the molecule is Brc1ccccc1CC1CCCCC1. The lowest BCUT2D eigenvalue weighted by atomic mass is 9.85. The summed E-state index contributed by atoms with van der Waals surface area (Å²) in [5, 5.41) is 0. The number of rotatable bonds is 2. The molecule has 0 amide bonds. The van der Waals surface area contributed by atoms with Gasteiger partial charge in [-0.2, -0.15) is 0 Å². The van der Waals surface area contributed by atoms with E-state index < -0.39 is 0 Å². The van der Waals surface area contributed by atoms with Gasteiger partial charge >= 0.3 is 0 Å². The second kappa shape index (κ2) is 4.97. The highest BCUT2D eigenvalue weighted by Gasteiger charge is 2.14. The molecule has 14 heavy (non-hydrogen) atoms. The molecule has 0 atom stereocenters. The largest absolute Gasteiger partial charge is 0.0619 e. The molecule has 0 bridgehead atoms. The third kappa shape index (κ3) is 2.60. The molecule has 1 aromatic carbocycles. The first kappa shape index (κ1) is 10.2. The number of hydrogen-bond donors (Lipinski definition) is 0. The second-order valence-electron chi connectivity index (χ2n) is 4.30. The second-order valence-corrected chi connectivity index (χ2v) is 5.15. The van der Waals surface area contributed by atoms with E-state index in [4.69, 9.17) is 0 Å². The van der Waals surface area contributed by atoms with Gasteiger partial charge in [0.15, 0.2) is 0 Å². The van der Waals surface area contributed by atoms with Crippen molar-refractivity contribution in [1.29, 1.82) is 0 Å². The van der Waals surface area contributed by atoms with Crippen LogP contribution >= 0.6 is 15.9 Å². The summed E-state index contributed by atoms with van der Waals surface area (Å²) in [4.78, 5) is 0. The molecule has 1 fully saturated rings. The molecule has 0 aliphatic heterocycles. The van der Waals surface area contributed by atoms with Crippen molar-refractivity contribution in [2.24, 2.45) is 5.92 Å². The normalized spacial score (nSPS) is 18.4. The maximum Gasteiger partial charge on any atom is 0.0207 e. The van der Waals surface area contributed by atoms with E-state index in [0.29, 0.717) is 0 Å². The molecule has 0 heterocycles. The molecule has 1 aliphatic rings. The standard InChI is InChI=1S/C13H17Br/c14-13-9-5-4-8-12(13)10-11-6-2-1-3-7-11/h4-5,8-9,11H,1-3,6-7,10H2. The van der Waals surface area contributed by atoms with Crippen LogP contribution in [0.3, 0.4) is 0 Å². The minimum atomic E-state index is 0.933. The Kier molecular flexibility index (Phi) is 3.63. The van der Waals surface area contributed by atoms with E-state index >= 15 is 0 Å². The fourth-order valence-electron chi connectivity index (χ4n) is 2.37. The Bertz CT molecular complexity index is 287. The lowest BCUT2D eigenvalue weighted by Gasteiger charge is -2.21. The van der Waals surface area contributed by atoms with Gasteiger partial charge in [-0.3, -0.25) is 0 Å². The third-order valence-corrected chi connectivity index (χ3v) is 3.96. The Morgan fingerprint density at radius 3 is 2.50 bits per heavy atom. The molecular formula is C13H17Br. The van der Waals surface area contributed by atoms with Crippen LogP contribution in [0, 0.1) is 5.92 Å². The fourth-order valence-corrected chi connectivity index (χ4v) is 2.81. The van der Waals surface area contributed by atoms with Gasteiger partial charge in [-0.05, 0) is 24.0 Å². The summed E-state index contributed by atoms with van der Waals surface area (Å²) < 4.78 is 1.28. The van der Waals surface area contributed by atoms with Crippen molar-refractivity contribution in [3.8, 4) is 0 Å². The van der Waals surface area contributed by atoms with Crippen LogP contribution in [-0.2, 0) is 6.42 Å². The maximum absolute atomic E-state index is 3.62. The average Bonchev–Trinajstić information content (AvgIpc) is 2.23. The van der Waals surface area contributed by atoms with Crippen molar-refractivity contribution in [3.05, 3.63) is 34.3 Å². The molecule has 0 saturated heterocycles. The summed E-state index contributed by atoms with van der Waals surface area (Å²) >= 11 is 3.62. The van der Waals surface area contributed by atoms with Crippen LogP contribution in [0.25, 0.3) is 0 Å². The van der Waals surface area contributed by atoms with E-state index in [9.17, 15) is 0 Å². The molecule has 0 spiro atoms. The van der Waals surface area contributed by atoms with Crippen molar-refractivity contribution >= 4 is 15.9 Å². The molecule has 76 valence electrons. The zero-order valence-electron chi connectivity index (χ0n) is 8.51. The summed E-state index contributed by atoms with van der Waals surface area (Å²) in [6, 6.07) is 8.63. The van der Waals surface area contributed by atoms with E-state index in [1.54, 1.807) is 0 Å². The van der Waals surface area contributed by atoms with Crippen molar-refractivity contribution in [1.82, 2.24) is 0 Å². The molecule has 0 N–H and O–H groups in total. The molecule has 0 nitrogen and oxygen atoms in total. The summed E-state index contributed by atoms with van der Waals surface area (Å²) in [7, 11) is 0. The average molecular weight is 253 g/mol. The van der Waals surface area contributed by atoms with E-state index in [1.807, 2.05) is 0 Å². The molecule has 0 unspecified atom stereocenters. The van der Waals surface area contributed by atoms with E-state index in [0.717, 1.165) is 5.92 Å². The van der Waals surface area contributed by atoms with Gasteiger partial charge < -0.3 is 0 Å². The molecule has 1 heteroatoms. The first-order valence-electron chi connectivity index (χ1n) is 5.59. The van der Waals surface area contributed by atoms with Gasteiger partial charge in [0.05, 0.1) is 0 Å². The minimum Gasteiger partial charge on any atom is -0.0619 e. The first-order chi connectivity index (χ1) is 6.86. The lowest BCUT2D eigenvalue weighted by molar-refractivity contribution is 0.356. The van der Waals surface area contributed by atoms with Crippen LogP contribution in [-0.4, -0.2) is 0 Å². The van der Waals surface area contributed by atoms with Crippen LogP contribution in [0.15, 0.2) is 28.7 Å². The summed E-state index contributed by atoms with van der Waals surface area (Å²) in [6.45, 7) is 0. The molecular weight excluding hydrogens is 236 g/mol. The van der Waals surface area contributed by atoms with Gasteiger partial charge in [-0.1, -0.05) is 66.2 Å². The van der Waals surface area contributed by atoms with Crippen molar-refractivity contribution in [2.75, 3.05) is 0 Å². The van der Waals surface area contributed by atoms with Gasteiger partial charge in [0, 0.05) is 4.47 Å². The number of benzene rings is 1. The maximum atomic E-state index is 3.62. The Morgan fingerprint density at radius 2 is 1.79 bits per heavy atom. The quantitative estimate of drug-likeness (QED) is 0.724. The molecule has 0 radical (unpaired) electrons. The van der Waals surface area contributed by atoms with Gasteiger partial charge in [0.2, 0.25) is 0 Å². The zero-order valence-corrected chi connectivity index (χ0v) is 10.1. The van der Waals surface area contributed by atoms with Crippen LogP contribution in [0.5, 0.6) is 0 Å². The molecule has 1 saturated carbocycles. The van der Waals surface area contributed by atoms with E-state index in [1.165, 1.54) is 48.6 Å². The van der Waals surface area contributed by atoms with Crippen LogP contribution < -0.4 is 0 Å². The molecule has 1 aromatic rings. The Labute approximate surface area is 94.8 Å². The van der Waals surface area contributed by atoms with Crippen molar-refractivity contribution in [3.63, 3.8) is 0 Å². The van der Waals surface area contributed by atoms with Crippen molar-refractivity contribution in [2.45, 2.75) is 38.5 Å². The van der Waals surface area contributed by atoms with Gasteiger partial charge in [-0.15, -0.1) is 0 Å². The van der Waals surface area contributed by atoms with Crippen molar-refractivity contribution < 1.29 is 0 Å². The highest BCUT2D eigenvalue weighted by molar-refractivity contribution is 9.10. The fraction of sp³-hybridized carbons (Fsp3) is 0.538. The van der Waals surface area contributed by atoms with Crippen LogP contribution in [0.1, 0.15) is 37.7 Å². The van der Waals surface area contributed by atoms with Crippen LogP contribution in [0.4, 0.5) is 0 Å². The monoisotopic (exact) mass is 252 g/mol. The third-order valence-electron chi connectivity index (χ3n) is 3.19. The molecule has 1 aliphatic carbocycles. The Hall–Kier alpha value is -0.300. The van der Waals surface area contributed by atoms with Gasteiger partial charge in [0.25, 0.3) is 0 Å². The summed E-state index contributed by atoms with van der Waals surface area (Å²) in [5.41, 5.74) is 1.49. The summed E-state index contributed by atoms with van der Waals surface area (Å²) in [6.07, 6.45) is 8.46. The first-order valence-corrected chi connectivity index (χ1v) is 6.39. The number of hydrogen-bond acceptors (Lipinski definition) is 0. The summed E-state index contributed by atoms with van der Waals surface area (Å²) in [5.74, 6) is 0.933. The topological polar surface area (TPSA) is 0 Å². The van der Waals surface area contributed by atoms with Crippen LogP contribution in [0.2, 0.25) is 0 Å². The van der Waals surface area contributed by atoms with Gasteiger partial charge in [-0.25, -0.2) is 0 Å². The Balaban J connectivity index is 1.99. The van der Waals surface area contributed by atoms with E-state index in [-0.39, 0.29) is 0 Å². The Morgan fingerprint density at radius 1 is 1.07 bits per heavy atom. The predicted octanol–water partition coefficient (Wildman–Crippen LogP) is 4.57. The van der Waals surface area contributed by atoms with Gasteiger partial charge in [0.1, 0.15) is 0 Å². The number of halogens is 1. The lowest BCUT2D eigenvalue weighted by Crippen LogP contribution is -2.09. The molecule has 0 aromatic heterocycles. The highest BCUT2D eigenvalue weighted by Crippen LogP contribution is 2.29. The minimum absolute atomic E-state index is 0.933. The molecule has 2 rings (SSSR count). The smallest absolute Gasteiger partial charge is 0.0207 e. The highest BCUT2D eigenvalue weighted by atomic mass is 79.9. The zero-order chi connectivity index (χ0) is 9.80.